The topological polar surface area (TPSA) is 162 Å². The van der Waals surface area contributed by atoms with Crippen LogP contribution in [-0.4, -0.2) is 86.9 Å². The molecule has 0 radical (unpaired) electrons. The number of phenols is 8. The summed E-state index contributed by atoms with van der Waals surface area (Å²) in [5.41, 5.74) is 4.54. The Morgan fingerprint density at radius 3 is 0.426 bits per heavy atom. The fraction of sp³-hybridized carbons (Fsp3) is 0.750. The molecule has 4 aromatic rings. The Hall–Kier alpha value is -3.32. The zero-order valence-corrected chi connectivity index (χ0v) is 72.7. The number of aromatic hydroxyl groups is 8. The van der Waals surface area contributed by atoms with Gasteiger partial charge in [-0.3, -0.25) is 0 Å². The first-order valence-corrected chi connectivity index (χ1v) is 50.1. The van der Waals surface area contributed by atoms with Gasteiger partial charge >= 0.3 is 0 Å². The van der Waals surface area contributed by atoms with Crippen LogP contribution in [0.1, 0.15) is 455 Å². The van der Waals surface area contributed by atoms with Gasteiger partial charge in [0.25, 0.3) is 0 Å². The lowest BCUT2D eigenvalue weighted by molar-refractivity contribution is 0.418. The molecule has 0 aliphatic heterocycles. The van der Waals surface area contributed by atoms with Gasteiger partial charge in [0.05, 0.1) is 0 Å². The quantitative estimate of drug-likeness (QED) is 0.0198. The highest BCUT2D eigenvalue weighted by atomic mass is 32.2. The minimum Gasteiger partial charge on any atom is -0.508 e. The first-order valence-electron chi connectivity index (χ1n) is 45.5. The lowest BCUT2D eigenvalue weighted by Gasteiger charge is -2.29. The second-order valence-electron chi connectivity index (χ2n) is 32.7. The van der Waals surface area contributed by atoms with Crippen LogP contribution < -0.4 is 0 Å². The summed E-state index contributed by atoms with van der Waals surface area (Å²) < 4.78 is 0. The zero-order valence-electron chi connectivity index (χ0n) is 69.4. The fourth-order valence-electron chi connectivity index (χ4n) is 16.7. The van der Waals surface area contributed by atoms with Crippen molar-refractivity contribution in [1.29, 1.82) is 0 Å². The molecule has 0 spiro atoms. The van der Waals surface area contributed by atoms with E-state index in [0.717, 1.165) is 103 Å². The smallest absolute Gasteiger partial charge is 0.123 e. The molecular formula is C96H160O8S4. The highest BCUT2D eigenvalue weighted by Crippen LogP contribution is 2.53. The molecule has 0 heterocycles. The molecule has 5 rings (SSSR count). The molecule has 0 saturated carbocycles. The van der Waals surface area contributed by atoms with E-state index in [1.54, 1.807) is 0 Å². The molecule has 1 aliphatic carbocycles. The van der Waals surface area contributed by atoms with Crippen molar-refractivity contribution in [3.63, 3.8) is 0 Å². The lowest BCUT2D eigenvalue weighted by atomic mass is 9.76. The van der Waals surface area contributed by atoms with Crippen LogP contribution in [0.3, 0.4) is 0 Å². The Morgan fingerprint density at radius 2 is 0.287 bits per heavy atom. The SMILES string of the molecule is CCCCCCCSCCCCCCCCCCC1c2cc(c(O)cc2O)C(CCCCCCCCCCSCCCCCCC)c2cc(c(O)cc2O)C(CCCCCCCCCCSCCCCCCC)c2cc(c(O)cc2O)C(CCCCCCCCCCSCCCCCCC)c2cc1c(O)cc2O. The average molecular weight is 1570 g/mol. The highest BCUT2D eigenvalue weighted by Gasteiger charge is 2.33. The Bertz CT molecular complexity index is 2400. The Kier molecular flexibility index (Phi) is 54.8. The van der Waals surface area contributed by atoms with E-state index in [4.69, 9.17) is 0 Å². The third kappa shape index (κ3) is 39.1. The molecule has 0 amide bonds. The number of thioether (sulfide) groups is 4. The van der Waals surface area contributed by atoms with Gasteiger partial charge in [-0.25, -0.2) is 0 Å². The van der Waals surface area contributed by atoms with Crippen LogP contribution in [0.2, 0.25) is 0 Å². The molecule has 8 N–H and O–H groups in total. The Morgan fingerprint density at radius 1 is 0.167 bits per heavy atom. The first-order chi connectivity index (χ1) is 52.9. The molecule has 8 bridgehead atoms. The summed E-state index contributed by atoms with van der Waals surface area (Å²) in [5.74, 6) is 7.27. The summed E-state index contributed by atoms with van der Waals surface area (Å²) in [6.45, 7) is 9.11. The third-order valence-electron chi connectivity index (χ3n) is 23.4. The standard InChI is InChI=1S/C96H160O8S4/c1-5-9-13-37-49-61-105-65-53-41-29-21-17-25-33-45-57-77-81-69-83(91(99)73-89(81)97)78(58-46-34-26-18-22-30-42-54-66-106-62-50-38-14-10-6-2)85-71-87(95(103)75-93(85)101)80(60-48-36-28-20-24-32-44-56-68-108-64-52-40-16-12-8-4)88-72-86(94(102)76-96(88)104)79(84-70-82(77)90(98)74-92(84)100)59-47-35-27-19-23-31-43-55-67-107-63-51-39-15-11-7-3/h69-80,97-104H,5-68H2,1-4H3. The molecule has 0 aromatic heterocycles. The number of benzene rings is 4. The normalized spacial score (nSPS) is 15.1. The molecular weight excluding hydrogens is 1410 g/mol. The monoisotopic (exact) mass is 1570 g/mol. The molecule has 0 fully saturated rings. The molecule has 1 aliphatic rings. The van der Waals surface area contributed by atoms with Gasteiger partial charge in [-0.05, 0) is 147 Å². The predicted molar refractivity (Wildman–Crippen MR) is 477 cm³/mol. The van der Waals surface area contributed by atoms with Gasteiger partial charge in [0.15, 0.2) is 0 Å². The van der Waals surface area contributed by atoms with Crippen LogP contribution >= 0.6 is 47.0 Å². The van der Waals surface area contributed by atoms with Crippen LogP contribution in [-0.2, 0) is 0 Å². The second kappa shape index (κ2) is 62.1. The van der Waals surface area contributed by atoms with E-state index < -0.39 is 23.7 Å². The van der Waals surface area contributed by atoms with Crippen molar-refractivity contribution in [2.24, 2.45) is 0 Å². The molecule has 0 unspecified atom stereocenters. The van der Waals surface area contributed by atoms with E-state index in [2.05, 4.69) is 74.7 Å². The number of phenolic OH excluding ortho intramolecular Hbond substituents is 8. The van der Waals surface area contributed by atoms with E-state index >= 15 is 0 Å². The van der Waals surface area contributed by atoms with Gasteiger partial charge in [-0.15, -0.1) is 0 Å². The Labute approximate surface area is 679 Å². The minimum atomic E-state index is -0.554. The van der Waals surface area contributed by atoms with E-state index in [1.807, 2.05) is 24.3 Å². The van der Waals surface area contributed by atoms with Crippen LogP contribution in [0, 0.1) is 0 Å². The van der Waals surface area contributed by atoms with Crippen molar-refractivity contribution in [2.75, 3.05) is 46.0 Å². The van der Waals surface area contributed by atoms with Gasteiger partial charge in [-0.2, -0.15) is 47.0 Å². The van der Waals surface area contributed by atoms with Gasteiger partial charge in [-0.1, -0.05) is 310 Å². The minimum absolute atomic E-state index is 0.0798. The average Bonchev–Trinajstić information content (AvgIpc) is 0.757. The maximum absolute atomic E-state index is 12.4. The molecule has 0 atom stereocenters. The summed E-state index contributed by atoms with van der Waals surface area (Å²) in [4.78, 5) is 0. The van der Waals surface area contributed by atoms with Crippen molar-refractivity contribution in [2.45, 2.75) is 411 Å². The van der Waals surface area contributed by atoms with Crippen molar-refractivity contribution < 1.29 is 40.9 Å². The van der Waals surface area contributed by atoms with Gasteiger partial charge in [0.1, 0.15) is 46.0 Å². The van der Waals surface area contributed by atoms with Crippen LogP contribution in [0.4, 0.5) is 0 Å². The molecule has 12 heteroatoms. The maximum Gasteiger partial charge on any atom is 0.123 e. The summed E-state index contributed by atoms with van der Waals surface area (Å²) in [7, 11) is 0. The lowest BCUT2D eigenvalue weighted by Crippen LogP contribution is -2.11. The summed E-state index contributed by atoms with van der Waals surface area (Å²) in [6, 6.07) is 13.6. The first kappa shape index (κ1) is 95.3. The summed E-state index contributed by atoms with van der Waals surface area (Å²) >= 11 is 8.48. The second-order valence-corrected chi connectivity index (χ2v) is 37.6. The van der Waals surface area contributed by atoms with E-state index in [9.17, 15) is 40.9 Å². The van der Waals surface area contributed by atoms with E-state index in [0.29, 0.717) is 70.2 Å². The fourth-order valence-corrected chi connectivity index (χ4v) is 20.8. The highest BCUT2D eigenvalue weighted by molar-refractivity contribution is 7.99. The number of rotatable bonds is 68. The summed E-state index contributed by atoms with van der Waals surface area (Å²) in [5, 5.41) is 99.3. The molecule has 108 heavy (non-hydrogen) atoms. The van der Waals surface area contributed by atoms with Crippen molar-refractivity contribution in [3.8, 4) is 46.0 Å². The maximum atomic E-state index is 12.4. The molecule has 4 aromatic carbocycles. The molecule has 0 saturated heterocycles. The van der Waals surface area contributed by atoms with Crippen molar-refractivity contribution in [3.05, 3.63) is 93.0 Å². The predicted octanol–water partition coefficient (Wildman–Crippen LogP) is 31.0. The molecule has 8 nitrogen and oxygen atoms in total. The van der Waals surface area contributed by atoms with Gasteiger partial charge in [0, 0.05) is 92.4 Å². The van der Waals surface area contributed by atoms with Gasteiger partial charge in [0.2, 0.25) is 0 Å². The van der Waals surface area contributed by atoms with Crippen molar-refractivity contribution in [1.82, 2.24) is 0 Å². The zero-order chi connectivity index (χ0) is 77.3. The largest absolute Gasteiger partial charge is 0.508 e. The number of hydrogen-bond donors (Lipinski definition) is 8. The van der Waals surface area contributed by atoms with Crippen molar-refractivity contribution >= 4 is 47.0 Å². The third-order valence-corrected chi connectivity index (χ3v) is 28.0. The number of fused-ring (bicyclic) bond motifs is 8. The van der Waals surface area contributed by atoms with Crippen LogP contribution in [0.15, 0.2) is 48.5 Å². The number of hydrogen-bond acceptors (Lipinski definition) is 12. The number of unbranched alkanes of at least 4 members (excludes halogenated alkanes) is 44. The molecule has 616 valence electrons. The summed E-state index contributed by atoms with van der Waals surface area (Å²) in [6.07, 6.45) is 65.1. The van der Waals surface area contributed by atoms with Gasteiger partial charge < -0.3 is 40.9 Å². The van der Waals surface area contributed by atoms with E-state index in [-0.39, 0.29) is 46.0 Å². The van der Waals surface area contributed by atoms with Crippen LogP contribution in [0.5, 0.6) is 46.0 Å². The van der Waals surface area contributed by atoms with E-state index in [1.165, 1.54) is 301 Å². The van der Waals surface area contributed by atoms with Crippen LogP contribution in [0.25, 0.3) is 0 Å². The Balaban J connectivity index is 1.47.